The average Bonchev–Trinajstić information content (AvgIpc) is 2.94. The van der Waals surface area contributed by atoms with E-state index in [0.29, 0.717) is 13.1 Å². The van der Waals surface area contributed by atoms with Crippen LogP contribution in [0.1, 0.15) is 79.2 Å². The van der Waals surface area contributed by atoms with Crippen LogP contribution < -0.4 is 16.0 Å². The molecule has 0 aliphatic heterocycles. The van der Waals surface area contributed by atoms with Gasteiger partial charge in [-0.2, -0.15) is 0 Å². The summed E-state index contributed by atoms with van der Waals surface area (Å²) in [5.74, 6) is 0. The van der Waals surface area contributed by atoms with Crippen LogP contribution in [0.4, 0.5) is 9.59 Å². The molecule has 3 rings (SSSR count). The van der Waals surface area contributed by atoms with E-state index in [1.165, 1.54) is 27.1 Å². The molecule has 2 amide bonds. The Morgan fingerprint density at radius 2 is 1.09 bits per heavy atom. The summed E-state index contributed by atoms with van der Waals surface area (Å²) in [4.78, 5) is 26.4. The van der Waals surface area contributed by atoms with Gasteiger partial charge in [-0.25, -0.2) is 9.59 Å². The lowest BCUT2D eigenvalue weighted by atomic mass is 9.97. The fraction of sp³-hybridized carbons (Fsp3) is 0.556. The number of rotatable bonds is 16. The Morgan fingerprint density at radius 1 is 0.636 bits per heavy atom. The Kier molecular flexibility index (Phi) is 13.7. The summed E-state index contributed by atoms with van der Waals surface area (Å²) in [6.45, 7) is 17.0. The van der Waals surface area contributed by atoms with E-state index in [2.05, 4.69) is 75.4 Å². The van der Waals surface area contributed by atoms with E-state index in [-0.39, 0.29) is 12.2 Å². The highest BCUT2D eigenvalue weighted by molar-refractivity contribution is 6.02. The van der Waals surface area contributed by atoms with Crippen LogP contribution in [0.2, 0.25) is 0 Å². The van der Waals surface area contributed by atoms with Crippen molar-refractivity contribution >= 4 is 33.7 Å². The van der Waals surface area contributed by atoms with Crippen molar-refractivity contribution in [3.8, 4) is 0 Å². The largest absolute Gasteiger partial charge is 0.444 e. The molecular weight excluding hydrogens is 552 g/mol. The summed E-state index contributed by atoms with van der Waals surface area (Å²) < 4.78 is 10.7. The van der Waals surface area contributed by atoms with Crippen molar-refractivity contribution in [3.63, 3.8) is 0 Å². The summed E-state index contributed by atoms with van der Waals surface area (Å²) in [6, 6.07) is 19.5. The number of nitrogens with one attached hydrogen (secondary N) is 3. The molecule has 0 unspecified atom stereocenters. The summed E-state index contributed by atoms with van der Waals surface area (Å²) in [6.07, 6.45) is 4.12. The minimum absolute atomic E-state index is 0.369. The minimum Gasteiger partial charge on any atom is -0.444 e. The Balaban J connectivity index is 1.43. The Bertz CT molecular complexity index is 1280. The molecule has 0 heterocycles. The van der Waals surface area contributed by atoms with Crippen molar-refractivity contribution in [2.45, 2.75) is 91.4 Å². The summed E-state index contributed by atoms with van der Waals surface area (Å²) in [5, 5.41) is 14.6. The lowest BCUT2D eigenvalue weighted by Crippen LogP contribution is -2.35. The lowest BCUT2D eigenvalue weighted by Gasteiger charge is -2.23. The maximum Gasteiger partial charge on any atom is 0.407 e. The lowest BCUT2D eigenvalue weighted by molar-refractivity contribution is 0.0513. The maximum atomic E-state index is 12.0. The van der Waals surface area contributed by atoms with Crippen LogP contribution >= 0.6 is 0 Å². The molecule has 3 aromatic carbocycles. The van der Waals surface area contributed by atoms with Crippen molar-refractivity contribution in [2.24, 2.45) is 0 Å². The van der Waals surface area contributed by atoms with E-state index in [9.17, 15) is 9.59 Å². The smallest absolute Gasteiger partial charge is 0.407 e. The third-order valence-corrected chi connectivity index (χ3v) is 7.15. The third kappa shape index (κ3) is 13.1. The molecule has 0 saturated heterocycles. The summed E-state index contributed by atoms with van der Waals surface area (Å²) in [7, 11) is 0. The molecule has 0 spiro atoms. The average molecular weight is 607 g/mol. The van der Waals surface area contributed by atoms with Crippen molar-refractivity contribution in [1.82, 2.24) is 20.9 Å². The number of carbonyl (C=O) groups is 2. The molecule has 0 atom stereocenters. The first-order valence-electron chi connectivity index (χ1n) is 16.2. The SMILES string of the molecule is CC(C)(C)OC(=O)NCCCCN(CCCCNCc1c2ccccc2cc2ccccc12)CCCNC(=O)OC(C)(C)C. The van der Waals surface area contributed by atoms with Crippen LogP contribution in [0.3, 0.4) is 0 Å². The van der Waals surface area contributed by atoms with Gasteiger partial charge in [0.2, 0.25) is 0 Å². The van der Waals surface area contributed by atoms with Crippen LogP contribution in [0, 0.1) is 0 Å². The predicted octanol–water partition coefficient (Wildman–Crippen LogP) is 7.38. The number of hydrogen-bond acceptors (Lipinski definition) is 6. The Labute approximate surface area is 264 Å². The van der Waals surface area contributed by atoms with Gasteiger partial charge in [0.1, 0.15) is 11.2 Å². The van der Waals surface area contributed by atoms with E-state index >= 15 is 0 Å². The first kappa shape index (κ1) is 35.1. The van der Waals surface area contributed by atoms with Gasteiger partial charge in [-0.15, -0.1) is 0 Å². The fourth-order valence-corrected chi connectivity index (χ4v) is 5.20. The second kappa shape index (κ2) is 17.2. The molecule has 0 fully saturated rings. The predicted molar refractivity (Wildman–Crippen MR) is 181 cm³/mol. The van der Waals surface area contributed by atoms with Crippen LogP contribution in [-0.2, 0) is 16.0 Å². The number of hydrogen-bond donors (Lipinski definition) is 3. The second-order valence-electron chi connectivity index (χ2n) is 13.4. The number of nitrogens with zero attached hydrogens (tertiary/aromatic N) is 1. The van der Waals surface area contributed by atoms with Gasteiger partial charge in [-0.3, -0.25) is 0 Å². The maximum absolute atomic E-state index is 12.0. The van der Waals surface area contributed by atoms with Crippen molar-refractivity contribution in [2.75, 3.05) is 39.3 Å². The van der Waals surface area contributed by atoms with E-state index in [0.717, 1.165) is 64.8 Å². The van der Waals surface area contributed by atoms with Gasteiger partial charge in [-0.1, -0.05) is 48.5 Å². The zero-order valence-electron chi connectivity index (χ0n) is 27.8. The van der Waals surface area contributed by atoms with Crippen molar-refractivity contribution in [3.05, 3.63) is 60.2 Å². The van der Waals surface area contributed by atoms with Crippen molar-refractivity contribution in [1.29, 1.82) is 0 Å². The molecule has 44 heavy (non-hydrogen) atoms. The highest BCUT2D eigenvalue weighted by Crippen LogP contribution is 2.28. The molecule has 8 heteroatoms. The van der Waals surface area contributed by atoms with Crippen molar-refractivity contribution < 1.29 is 19.1 Å². The molecule has 0 aromatic heterocycles. The molecule has 0 radical (unpaired) electrons. The zero-order valence-corrected chi connectivity index (χ0v) is 27.8. The Morgan fingerprint density at radius 3 is 1.61 bits per heavy atom. The van der Waals surface area contributed by atoms with Crippen LogP contribution in [-0.4, -0.2) is 67.6 Å². The summed E-state index contributed by atoms with van der Waals surface area (Å²) in [5.41, 5.74) is 0.363. The number of carbonyl (C=O) groups excluding carboxylic acids is 2. The van der Waals surface area contributed by atoms with Gasteiger partial charge in [0.25, 0.3) is 0 Å². The fourth-order valence-electron chi connectivity index (χ4n) is 5.20. The van der Waals surface area contributed by atoms with Crippen LogP contribution in [0.5, 0.6) is 0 Å². The van der Waals surface area contributed by atoms with Gasteiger partial charge in [0.15, 0.2) is 0 Å². The molecule has 8 nitrogen and oxygen atoms in total. The van der Waals surface area contributed by atoms with E-state index in [4.69, 9.17) is 9.47 Å². The molecule has 0 aliphatic rings. The second-order valence-corrected chi connectivity index (χ2v) is 13.4. The molecule has 3 N–H and O–H groups in total. The zero-order chi connectivity index (χ0) is 32.0. The number of ether oxygens (including phenoxy) is 2. The normalized spacial score (nSPS) is 12.1. The highest BCUT2D eigenvalue weighted by Gasteiger charge is 2.17. The van der Waals surface area contributed by atoms with Gasteiger partial charge in [0.05, 0.1) is 0 Å². The molecule has 242 valence electrons. The first-order chi connectivity index (χ1) is 20.9. The number of alkyl carbamates (subject to hydrolysis) is 2. The molecule has 3 aromatic rings. The monoisotopic (exact) mass is 606 g/mol. The number of fused-ring (bicyclic) bond motifs is 2. The highest BCUT2D eigenvalue weighted by atomic mass is 16.6. The molecule has 0 aliphatic carbocycles. The first-order valence-corrected chi connectivity index (χ1v) is 16.2. The topological polar surface area (TPSA) is 91.9 Å². The number of amides is 2. The molecule has 0 saturated carbocycles. The number of benzene rings is 3. The van der Waals surface area contributed by atoms with Gasteiger partial charge in [0, 0.05) is 19.6 Å². The quantitative estimate of drug-likeness (QED) is 0.116. The molecule has 0 bridgehead atoms. The van der Waals surface area contributed by atoms with Gasteiger partial charge >= 0.3 is 12.2 Å². The Hall–Kier alpha value is -3.36. The van der Waals surface area contributed by atoms with E-state index in [1.54, 1.807) is 0 Å². The van der Waals surface area contributed by atoms with Gasteiger partial charge in [-0.05, 0) is 133 Å². The standard InChI is InChI=1S/C36H54N4O4/c1-35(2,3)43-33(41)38-21-12-14-24-40(25-15-22-39-34(42)44-36(4,5)6)23-13-11-20-37-27-32-30-18-9-7-16-28(30)26-29-17-8-10-19-31(29)32/h7-10,16-19,26,37H,11-15,20-25,27H2,1-6H3,(H,38,41)(H,39,42). The third-order valence-electron chi connectivity index (χ3n) is 7.15. The number of unbranched alkanes of at least 4 members (excludes halogenated alkanes) is 2. The summed E-state index contributed by atoms with van der Waals surface area (Å²) >= 11 is 0. The van der Waals surface area contributed by atoms with Crippen LogP contribution in [0.25, 0.3) is 21.5 Å². The van der Waals surface area contributed by atoms with E-state index < -0.39 is 11.2 Å². The van der Waals surface area contributed by atoms with Crippen LogP contribution in [0.15, 0.2) is 54.6 Å². The van der Waals surface area contributed by atoms with E-state index in [1.807, 2.05) is 41.5 Å². The van der Waals surface area contributed by atoms with Gasteiger partial charge < -0.3 is 30.3 Å². The molecular formula is C36H54N4O4. The minimum atomic E-state index is -0.502.